The summed E-state index contributed by atoms with van der Waals surface area (Å²) in [6.45, 7) is 0. The maximum Gasteiger partial charge on any atom is 0.171 e. The number of hydrogen-bond donors (Lipinski definition) is 0. The third kappa shape index (κ3) is 1.38. The smallest absolute Gasteiger partial charge is 0.171 e. The first-order valence-corrected chi connectivity index (χ1v) is 3.44. The van der Waals surface area contributed by atoms with Gasteiger partial charge in [0.2, 0.25) is 0 Å². The van der Waals surface area contributed by atoms with Gasteiger partial charge >= 0.3 is 0 Å². The molecule has 12 heavy (non-hydrogen) atoms. The number of hydrogen-bond acceptors (Lipinski definition) is 2. The molecule has 0 saturated carbocycles. The second-order valence-electron chi connectivity index (χ2n) is 2.57. The molecular formula is C9H6NaO2. The summed E-state index contributed by atoms with van der Waals surface area (Å²) in [4.78, 5) is 22.1. The van der Waals surface area contributed by atoms with Gasteiger partial charge in [-0.2, -0.15) is 0 Å². The van der Waals surface area contributed by atoms with E-state index < -0.39 is 0 Å². The van der Waals surface area contributed by atoms with Crippen molar-refractivity contribution in [2.75, 3.05) is 0 Å². The Labute approximate surface area is 92.3 Å². The Morgan fingerprint density at radius 2 is 1.33 bits per heavy atom. The minimum absolute atomic E-state index is 0. The van der Waals surface area contributed by atoms with Gasteiger partial charge in [0.05, 0.1) is 6.42 Å². The van der Waals surface area contributed by atoms with Crippen molar-refractivity contribution >= 4 is 41.1 Å². The predicted molar refractivity (Wildman–Crippen MR) is 45.5 cm³/mol. The third-order valence-electron chi connectivity index (χ3n) is 1.85. The first kappa shape index (κ1) is 9.65. The molecule has 0 saturated heterocycles. The molecule has 0 bridgehead atoms. The third-order valence-corrected chi connectivity index (χ3v) is 1.85. The molecule has 1 aromatic rings. The summed E-state index contributed by atoms with van der Waals surface area (Å²) in [6, 6.07) is 6.94. The van der Waals surface area contributed by atoms with Crippen molar-refractivity contribution in [1.82, 2.24) is 0 Å². The zero-order valence-corrected chi connectivity index (χ0v) is 8.83. The zero-order valence-electron chi connectivity index (χ0n) is 6.83. The van der Waals surface area contributed by atoms with E-state index in [0.717, 1.165) is 0 Å². The van der Waals surface area contributed by atoms with Crippen LogP contribution in [0.4, 0.5) is 0 Å². The number of fused-ring (bicyclic) bond motifs is 1. The van der Waals surface area contributed by atoms with Crippen LogP contribution in [-0.2, 0) is 0 Å². The molecule has 0 spiro atoms. The van der Waals surface area contributed by atoms with Crippen molar-refractivity contribution in [3.63, 3.8) is 0 Å². The van der Waals surface area contributed by atoms with E-state index in [4.69, 9.17) is 0 Å². The Morgan fingerprint density at radius 3 is 1.75 bits per heavy atom. The second-order valence-corrected chi connectivity index (χ2v) is 2.57. The summed E-state index contributed by atoms with van der Waals surface area (Å²) in [6.07, 6.45) is 0.0549. The standard InChI is InChI=1S/C9H6O2.Na/c10-8-5-9(11)7-4-2-1-3-6(7)8;/h1-4H,5H2;. The van der Waals surface area contributed by atoms with Crippen molar-refractivity contribution < 1.29 is 9.59 Å². The van der Waals surface area contributed by atoms with Crippen LogP contribution in [0, 0.1) is 0 Å². The second kappa shape index (κ2) is 3.52. The monoisotopic (exact) mass is 169 g/mol. The molecule has 0 unspecified atom stereocenters. The molecule has 0 fully saturated rings. The first-order valence-electron chi connectivity index (χ1n) is 3.44. The van der Waals surface area contributed by atoms with Crippen LogP contribution in [-0.4, -0.2) is 41.1 Å². The molecule has 2 rings (SSSR count). The molecular weight excluding hydrogens is 163 g/mol. The predicted octanol–water partition coefficient (Wildman–Crippen LogP) is 1.07. The number of carbonyl (C=O) groups excluding carboxylic acids is 2. The molecule has 1 aliphatic rings. The van der Waals surface area contributed by atoms with E-state index in [1.54, 1.807) is 24.3 Å². The molecule has 3 heteroatoms. The Morgan fingerprint density at radius 1 is 0.917 bits per heavy atom. The Balaban J connectivity index is 0.000000720. The van der Waals surface area contributed by atoms with Crippen LogP contribution in [0.25, 0.3) is 0 Å². The summed E-state index contributed by atoms with van der Waals surface area (Å²) in [5, 5.41) is 0. The average Bonchev–Trinajstić information content (AvgIpc) is 2.30. The summed E-state index contributed by atoms with van der Waals surface area (Å²) >= 11 is 0. The number of Topliss-reactive ketones (excluding diaryl/α,β-unsaturated/α-hetero) is 2. The number of carbonyl (C=O) groups is 2. The van der Waals surface area contributed by atoms with Crippen LogP contribution in [0.2, 0.25) is 0 Å². The summed E-state index contributed by atoms with van der Waals surface area (Å²) < 4.78 is 0. The van der Waals surface area contributed by atoms with Crippen LogP contribution < -0.4 is 0 Å². The van der Waals surface area contributed by atoms with Gasteiger partial charge in [-0.3, -0.25) is 9.59 Å². The zero-order chi connectivity index (χ0) is 7.84. The first-order chi connectivity index (χ1) is 5.29. The summed E-state index contributed by atoms with van der Waals surface area (Å²) in [7, 11) is 0. The minimum atomic E-state index is -0.0504. The molecule has 0 aromatic heterocycles. The molecule has 0 aliphatic heterocycles. The molecule has 0 N–H and O–H groups in total. The average molecular weight is 169 g/mol. The normalized spacial score (nSPS) is 14.0. The maximum atomic E-state index is 11.1. The Kier molecular flexibility index (Phi) is 2.83. The van der Waals surface area contributed by atoms with E-state index in [2.05, 4.69) is 0 Å². The van der Waals surface area contributed by atoms with Crippen LogP contribution in [0.1, 0.15) is 27.1 Å². The van der Waals surface area contributed by atoms with E-state index in [1.807, 2.05) is 0 Å². The van der Waals surface area contributed by atoms with Gasteiger partial charge in [-0.25, -0.2) is 0 Å². The van der Waals surface area contributed by atoms with Gasteiger partial charge in [0.25, 0.3) is 0 Å². The van der Waals surface area contributed by atoms with Crippen molar-refractivity contribution in [3.05, 3.63) is 35.4 Å². The summed E-state index contributed by atoms with van der Waals surface area (Å²) in [5.41, 5.74) is 1.16. The van der Waals surface area contributed by atoms with E-state index in [9.17, 15) is 9.59 Å². The van der Waals surface area contributed by atoms with Crippen LogP contribution >= 0.6 is 0 Å². The van der Waals surface area contributed by atoms with E-state index >= 15 is 0 Å². The van der Waals surface area contributed by atoms with E-state index in [-0.39, 0.29) is 47.5 Å². The van der Waals surface area contributed by atoms with Crippen molar-refractivity contribution in [1.29, 1.82) is 0 Å². The van der Waals surface area contributed by atoms with Gasteiger partial charge < -0.3 is 0 Å². The maximum absolute atomic E-state index is 11.1. The molecule has 1 aliphatic carbocycles. The Hall–Kier alpha value is -0.440. The van der Waals surface area contributed by atoms with Gasteiger partial charge in [-0.15, -0.1) is 0 Å². The molecule has 1 aromatic carbocycles. The van der Waals surface area contributed by atoms with Gasteiger partial charge in [0.15, 0.2) is 11.6 Å². The molecule has 2 nitrogen and oxygen atoms in total. The van der Waals surface area contributed by atoms with Crippen molar-refractivity contribution in [2.45, 2.75) is 6.42 Å². The molecule has 0 heterocycles. The van der Waals surface area contributed by atoms with Gasteiger partial charge in [0, 0.05) is 40.7 Å². The fourth-order valence-corrected chi connectivity index (χ4v) is 1.31. The minimum Gasteiger partial charge on any atom is -0.294 e. The number of benzene rings is 1. The van der Waals surface area contributed by atoms with Crippen LogP contribution in [0.5, 0.6) is 0 Å². The number of rotatable bonds is 0. The SMILES string of the molecule is O=C1CC(=O)c2ccccc21.[Na]. The fourth-order valence-electron chi connectivity index (χ4n) is 1.31. The Bertz CT molecular complexity index is 311. The molecule has 0 amide bonds. The molecule has 55 valence electrons. The quantitative estimate of drug-likeness (QED) is 0.430. The van der Waals surface area contributed by atoms with E-state index in [1.165, 1.54) is 0 Å². The van der Waals surface area contributed by atoms with E-state index in [0.29, 0.717) is 11.1 Å². The largest absolute Gasteiger partial charge is 0.294 e. The van der Waals surface area contributed by atoms with Gasteiger partial charge in [0.1, 0.15) is 0 Å². The fraction of sp³-hybridized carbons (Fsp3) is 0.111. The van der Waals surface area contributed by atoms with Crippen molar-refractivity contribution in [2.24, 2.45) is 0 Å². The summed E-state index contributed by atoms with van der Waals surface area (Å²) in [5.74, 6) is -0.101. The van der Waals surface area contributed by atoms with Gasteiger partial charge in [-0.1, -0.05) is 24.3 Å². The van der Waals surface area contributed by atoms with Gasteiger partial charge in [-0.05, 0) is 0 Å². The molecule has 0 atom stereocenters. The van der Waals surface area contributed by atoms with Crippen LogP contribution in [0.3, 0.4) is 0 Å². The van der Waals surface area contributed by atoms with Crippen LogP contribution in [0.15, 0.2) is 24.3 Å². The number of ketones is 2. The topological polar surface area (TPSA) is 34.1 Å². The van der Waals surface area contributed by atoms with Crippen molar-refractivity contribution in [3.8, 4) is 0 Å². The molecule has 1 radical (unpaired) electrons.